The molecule has 0 radical (unpaired) electrons. The number of hydrogen-bond donors (Lipinski definition) is 2. The first kappa shape index (κ1) is 15.3. The molecule has 0 saturated carbocycles. The number of carbonyl (C=O) groups is 1. The molecule has 0 saturated heterocycles. The Morgan fingerprint density at radius 2 is 1.71 bits per heavy atom. The van der Waals surface area contributed by atoms with Crippen LogP contribution in [0, 0.1) is 6.92 Å². The minimum absolute atomic E-state index is 0.0494. The van der Waals surface area contributed by atoms with Crippen LogP contribution in [0.5, 0.6) is 0 Å². The van der Waals surface area contributed by atoms with Crippen molar-refractivity contribution in [2.45, 2.75) is 32.4 Å². The molecule has 0 aliphatic rings. The lowest BCUT2D eigenvalue weighted by Crippen LogP contribution is -2.40. The largest absolute Gasteiger partial charge is 0.352 e. The van der Waals surface area contributed by atoms with Crippen LogP contribution in [0.15, 0.2) is 54.6 Å². The fourth-order valence-electron chi connectivity index (χ4n) is 2.36. The number of nitrogens with one attached hydrogen (secondary N) is 1. The summed E-state index contributed by atoms with van der Waals surface area (Å²) in [6, 6.07) is 17.1. The maximum absolute atomic E-state index is 12.2. The summed E-state index contributed by atoms with van der Waals surface area (Å²) in [5.74, 6) is -0.137. The molecule has 0 aliphatic heterocycles. The second-order valence-corrected chi connectivity index (χ2v) is 5.43. The van der Waals surface area contributed by atoms with Crippen LogP contribution in [0.2, 0.25) is 0 Å². The number of aryl methyl sites for hydroxylation is 1. The third kappa shape index (κ3) is 4.17. The van der Waals surface area contributed by atoms with Crippen LogP contribution < -0.4 is 11.1 Å². The van der Waals surface area contributed by atoms with E-state index in [1.807, 2.05) is 49.4 Å². The Morgan fingerprint density at radius 1 is 1.10 bits per heavy atom. The van der Waals surface area contributed by atoms with Crippen LogP contribution >= 0.6 is 0 Å². The monoisotopic (exact) mass is 282 g/mol. The van der Waals surface area contributed by atoms with Crippen LogP contribution in [0.3, 0.4) is 0 Å². The molecule has 21 heavy (non-hydrogen) atoms. The molecular formula is C18H22N2O. The van der Waals surface area contributed by atoms with Gasteiger partial charge in [0.1, 0.15) is 6.04 Å². The van der Waals surface area contributed by atoms with E-state index in [0.717, 1.165) is 12.0 Å². The highest BCUT2D eigenvalue weighted by Crippen LogP contribution is 2.12. The van der Waals surface area contributed by atoms with E-state index in [1.165, 1.54) is 11.1 Å². The van der Waals surface area contributed by atoms with Gasteiger partial charge < -0.3 is 11.1 Å². The average molecular weight is 282 g/mol. The lowest BCUT2D eigenvalue weighted by molar-refractivity contribution is -0.123. The molecule has 3 N–H and O–H groups in total. The van der Waals surface area contributed by atoms with Gasteiger partial charge in [-0.1, -0.05) is 54.6 Å². The minimum Gasteiger partial charge on any atom is -0.352 e. The standard InChI is InChI=1S/C18H22N2O/c1-13-8-6-7-11-16(13)12-14(2)20-18(21)17(19)15-9-4-3-5-10-15/h3-11,14,17H,12,19H2,1-2H3,(H,20,21). The molecule has 3 heteroatoms. The van der Waals surface area contributed by atoms with E-state index in [-0.39, 0.29) is 11.9 Å². The number of benzene rings is 2. The van der Waals surface area contributed by atoms with Gasteiger partial charge in [0.05, 0.1) is 0 Å². The second-order valence-electron chi connectivity index (χ2n) is 5.43. The highest BCUT2D eigenvalue weighted by atomic mass is 16.2. The van der Waals surface area contributed by atoms with E-state index in [1.54, 1.807) is 0 Å². The number of hydrogen-bond acceptors (Lipinski definition) is 2. The average Bonchev–Trinajstić information content (AvgIpc) is 2.49. The lowest BCUT2D eigenvalue weighted by Gasteiger charge is -2.18. The van der Waals surface area contributed by atoms with Gasteiger partial charge in [0.2, 0.25) is 5.91 Å². The quantitative estimate of drug-likeness (QED) is 0.886. The predicted octanol–water partition coefficient (Wildman–Crippen LogP) is 2.74. The van der Waals surface area contributed by atoms with Crippen molar-refractivity contribution in [2.75, 3.05) is 0 Å². The van der Waals surface area contributed by atoms with Crippen LogP contribution in [0.1, 0.15) is 29.7 Å². The van der Waals surface area contributed by atoms with Gasteiger partial charge in [0.15, 0.2) is 0 Å². The first-order valence-corrected chi connectivity index (χ1v) is 7.23. The van der Waals surface area contributed by atoms with Crippen LogP contribution in [0.25, 0.3) is 0 Å². The Bertz CT molecular complexity index is 595. The number of rotatable bonds is 5. The van der Waals surface area contributed by atoms with Gasteiger partial charge >= 0.3 is 0 Å². The van der Waals surface area contributed by atoms with Crippen molar-refractivity contribution in [1.82, 2.24) is 5.32 Å². The molecule has 0 heterocycles. The highest BCUT2D eigenvalue weighted by molar-refractivity contribution is 5.83. The molecule has 0 aromatic heterocycles. The lowest BCUT2D eigenvalue weighted by atomic mass is 10.0. The molecule has 2 atom stereocenters. The Hall–Kier alpha value is -2.13. The van der Waals surface area contributed by atoms with Crippen molar-refractivity contribution in [3.63, 3.8) is 0 Å². The topological polar surface area (TPSA) is 55.1 Å². The molecular weight excluding hydrogens is 260 g/mol. The van der Waals surface area contributed by atoms with Gasteiger partial charge in [-0.25, -0.2) is 0 Å². The van der Waals surface area contributed by atoms with Crippen LogP contribution in [-0.2, 0) is 11.2 Å². The second kappa shape index (κ2) is 7.04. The fraction of sp³-hybridized carbons (Fsp3) is 0.278. The molecule has 0 bridgehead atoms. The molecule has 2 aromatic carbocycles. The summed E-state index contributed by atoms with van der Waals surface area (Å²) in [4.78, 5) is 12.2. The Morgan fingerprint density at radius 3 is 2.38 bits per heavy atom. The summed E-state index contributed by atoms with van der Waals surface area (Å²) in [5.41, 5.74) is 9.32. The predicted molar refractivity (Wildman–Crippen MR) is 85.9 cm³/mol. The number of nitrogens with two attached hydrogens (primary N) is 1. The first-order valence-electron chi connectivity index (χ1n) is 7.23. The van der Waals surface area contributed by atoms with Gasteiger partial charge in [-0.3, -0.25) is 4.79 Å². The third-order valence-electron chi connectivity index (χ3n) is 3.62. The first-order chi connectivity index (χ1) is 10.1. The third-order valence-corrected chi connectivity index (χ3v) is 3.62. The Balaban J connectivity index is 1.95. The molecule has 0 aliphatic carbocycles. The summed E-state index contributed by atoms with van der Waals surface area (Å²) in [6.07, 6.45) is 0.805. The molecule has 2 unspecified atom stereocenters. The molecule has 110 valence electrons. The molecule has 2 aromatic rings. The van der Waals surface area contributed by atoms with Gasteiger partial charge in [0.25, 0.3) is 0 Å². The van der Waals surface area contributed by atoms with E-state index in [2.05, 4.69) is 24.4 Å². The SMILES string of the molecule is Cc1ccccc1CC(C)NC(=O)C(N)c1ccccc1. The van der Waals surface area contributed by atoms with Crippen molar-refractivity contribution in [3.05, 3.63) is 71.3 Å². The Labute approximate surface area is 126 Å². The normalized spacial score (nSPS) is 13.5. The summed E-state index contributed by atoms with van der Waals surface area (Å²) >= 11 is 0. The zero-order valence-electron chi connectivity index (χ0n) is 12.5. The number of carbonyl (C=O) groups excluding carboxylic acids is 1. The molecule has 0 spiro atoms. The zero-order chi connectivity index (χ0) is 15.2. The fourth-order valence-corrected chi connectivity index (χ4v) is 2.36. The van der Waals surface area contributed by atoms with E-state index in [9.17, 15) is 4.79 Å². The van der Waals surface area contributed by atoms with Crippen molar-refractivity contribution in [3.8, 4) is 0 Å². The van der Waals surface area contributed by atoms with E-state index < -0.39 is 6.04 Å². The summed E-state index contributed by atoms with van der Waals surface area (Å²) in [7, 11) is 0. The molecule has 1 amide bonds. The van der Waals surface area contributed by atoms with Gasteiger partial charge in [-0.05, 0) is 37.0 Å². The van der Waals surface area contributed by atoms with Gasteiger partial charge in [-0.15, -0.1) is 0 Å². The van der Waals surface area contributed by atoms with E-state index >= 15 is 0 Å². The summed E-state index contributed by atoms with van der Waals surface area (Å²) in [6.45, 7) is 4.08. The number of amides is 1. The molecule has 0 fully saturated rings. The maximum Gasteiger partial charge on any atom is 0.241 e. The summed E-state index contributed by atoms with van der Waals surface area (Å²) in [5, 5.41) is 2.99. The van der Waals surface area contributed by atoms with Gasteiger partial charge in [-0.2, -0.15) is 0 Å². The van der Waals surface area contributed by atoms with Crippen molar-refractivity contribution in [1.29, 1.82) is 0 Å². The van der Waals surface area contributed by atoms with Crippen molar-refractivity contribution < 1.29 is 4.79 Å². The van der Waals surface area contributed by atoms with Crippen molar-refractivity contribution >= 4 is 5.91 Å². The van der Waals surface area contributed by atoms with Gasteiger partial charge in [0, 0.05) is 6.04 Å². The van der Waals surface area contributed by atoms with Crippen LogP contribution in [-0.4, -0.2) is 11.9 Å². The minimum atomic E-state index is -0.620. The van der Waals surface area contributed by atoms with E-state index in [4.69, 9.17) is 5.73 Å². The summed E-state index contributed by atoms with van der Waals surface area (Å²) < 4.78 is 0. The Kier molecular flexibility index (Phi) is 5.12. The highest BCUT2D eigenvalue weighted by Gasteiger charge is 2.17. The smallest absolute Gasteiger partial charge is 0.241 e. The van der Waals surface area contributed by atoms with Crippen LogP contribution in [0.4, 0.5) is 0 Å². The maximum atomic E-state index is 12.2. The molecule has 2 rings (SSSR count). The van der Waals surface area contributed by atoms with E-state index in [0.29, 0.717) is 0 Å². The van der Waals surface area contributed by atoms with Crippen molar-refractivity contribution in [2.24, 2.45) is 5.73 Å². The zero-order valence-corrected chi connectivity index (χ0v) is 12.5. The molecule has 3 nitrogen and oxygen atoms in total.